The van der Waals surface area contributed by atoms with Crippen LogP contribution < -0.4 is 9.47 Å². The normalized spacial score (nSPS) is 18.0. The molecule has 0 radical (unpaired) electrons. The van der Waals surface area contributed by atoms with E-state index in [1.54, 1.807) is 0 Å². The number of fused-ring (bicyclic) bond motifs is 1. The van der Waals surface area contributed by atoms with Crippen LogP contribution in [-0.4, -0.2) is 54.3 Å². The van der Waals surface area contributed by atoms with Gasteiger partial charge in [-0.25, -0.2) is 0 Å². The van der Waals surface area contributed by atoms with Crippen molar-refractivity contribution in [3.8, 4) is 11.5 Å². The zero-order chi connectivity index (χ0) is 16.2. The summed E-state index contributed by atoms with van der Waals surface area (Å²) in [4.78, 5) is 9.14. The van der Waals surface area contributed by atoms with Crippen molar-refractivity contribution >= 4 is 0 Å². The van der Waals surface area contributed by atoms with Crippen LogP contribution in [0, 0.1) is 0 Å². The van der Waals surface area contributed by atoms with Crippen molar-refractivity contribution < 1.29 is 9.47 Å². The zero-order valence-corrected chi connectivity index (χ0v) is 13.9. The summed E-state index contributed by atoms with van der Waals surface area (Å²) in [6, 6.07) is 10.5. The monoisotopic (exact) mass is 325 g/mol. The highest BCUT2D eigenvalue weighted by Crippen LogP contribution is 2.32. The second-order valence-corrected chi connectivity index (χ2v) is 6.41. The molecule has 5 nitrogen and oxygen atoms in total. The molecule has 0 saturated carbocycles. The quantitative estimate of drug-likeness (QED) is 0.842. The maximum absolute atomic E-state index is 5.47. The molecule has 1 aromatic heterocycles. The van der Waals surface area contributed by atoms with Crippen molar-refractivity contribution in [3.05, 3.63) is 53.9 Å². The Hall–Kier alpha value is -2.11. The average Bonchev–Trinajstić information content (AvgIpc) is 3.10. The van der Waals surface area contributed by atoms with Gasteiger partial charge in [0.15, 0.2) is 11.5 Å². The summed E-state index contributed by atoms with van der Waals surface area (Å²) >= 11 is 0. The molecule has 1 aromatic carbocycles. The summed E-state index contributed by atoms with van der Waals surface area (Å²) in [5.41, 5.74) is 2.66. The number of aromatic nitrogens is 1. The van der Waals surface area contributed by atoms with E-state index in [0.29, 0.717) is 6.79 Å². The first kappa shape index (κ1) is 15.4. The number of nitrogens with zero attached hydrogens (tertiary/aromatic N) is 3. The minimum absolute atomic E-state index is 0.342. The van der Waals surface area contributed by atoms with Crippen LogP contribution in [0.25, 0.3) is 0 Å². The Balaban J connectivity index is 1.24. The number of benzene rings is 1. The summed E-state index contributed by atoms with van der Waals surface area (Å²) in [7, 11) is 0. The first-order chi connectivity index (χ1) is 11.9. The van der Waals surface area contributed by atoms with Gasteiger partial charge in [0.1, 0.15) is 0 Å². The van der Waals surface area contributed by atoms with Crippen molar-refractivity contribution in [1.82, 2.24) is 14.8 Å². The number of rotatable bonds is 5. The summed E-state index contributed by atoms with van der Waals surface area (Å²) < 4.78 is 10.8. The summed E-state index contributed by atoms with van der Waals surface area (Å²) in [5, 5.41) is 0. The molecule has 2 aliphatic rings. The molecule has 0 aliphatic carbocycles. The van der Waals surface area contributed by atoms with E-state index in [4.69, 9.17) is 9.47 Å². The third kappa shape index (κ3) is 3.68. The van der Waals surface area contributed by atoms with Crippen molar-refractivity contribution in [2.75, 3.05) is 39.5 Å². The fraction of sp³-hybridized carbons (Fsp3) is 0.421. The molecule has 126 valence electrons. The molecule has 3 heterocycles. The lowest BCUT2D eigenvalue weighted by atomic mass is 10.1. The lowest BCUT2D eigenvalue weighted by molar-refractivity contribution is 0.128. The molecule has 24 heavy (non-hydrogen) atoms. The summed E-state index contributed by atoms with van der Waals surface area (Å²) in [6.07, 6.45) is 4.85. The lowest BCUT2D eigenvalue weighted by Gasteiger charge is -2.34. The maximum Gasteiger partial charge on any atom is 0.231 e. The van der Waals surface area contributed by atoms with E-state index in [0.717, 1.165) is 57.2 Å². The Bertz CT molecular complexity index is 670. The highest BCUT2D eigenvalue weighted by Gasteiger charge is 2.18. The van der Waals surface area contributed by atoms with Crippen LogP contribution in [0.15, 0.2) is 42.7 Å². The molecule has 0 unspecified atom stereocenters. The van der Waals surface area contributed by atoms with Crippen LogP contribution in [0.3, 0.4) is 0 Å². The minimum atomic E-state index is 0.342. The topological polar surface area (TPSA) is 37.8 Å². The van der Waals surface area contributed by atoms with Gasteiger partial charge < -0.3 is 14.4 Å². The molecule has 1 saturated heterocycles. The van der Waals surface area contributed by atoms with Gasteiger partial charge in [-0.15, -0.1) is 0 Å². The first-order valence-corrected chi connectivity index (χ1v) is 8.59. The zero-order valence-electron chi connectivity index (χ0n) is 13.9. The van der Waals surface area contributed by atoms with Gasteiger partial charge in [0.25, 0.3) is 0 Å². The van der Waals surface area contributed by atoms with Crippen LogP contribution in [0.5, 0.6) is 11.5 Å². The van der Waals surface area contributed by atoms with E-state index < -0.39 is 0 Å². The van der Waals surface area contributed by atoms with Crippen molar-refractivity contribution in [2.45, 2.75) is 13.0 Å². The number of hydrogen-bond acceptors (Lipinski definition) is 5. The largest absolute Gasteiger partial charge is 0.454 e. The summed E-state index contributed by atoms with van der Waals surface area (Å²) in [5.74, 6) is 1.74. The van der Waals surface area contributed by atoms with Crippen LogP contribution in [0.4, 0.5) is 0 Å². The fourth-order valence-electron chi connectivity index (χ4n) is 3.31. The molecule has 2 aromatic rings. The maximum atomic E-state index is 5.47. The minimum Gasteiger partial charge on any atom is -0.454 e. The molecular formula is C19H23N3O2. The Morgan fingerprint density at radius 3 is 2.42 bits per heavy atom. The highest BCUT2D eigenvalue weighted by molar-refractivity contribution is 5.44. The standard InChI is InChI=1S/C19H23N3O2/c1-2-18-19(24-15-23-18)13-17(1)14-22-11-9-21(10-12-22)8-5-16-3-6-20-7-4-16/h1-4,6-7,13H,5,8-12,14-15H2. The molecule has 0 amide bonds. The van der Waals surface area contributed by atoms with Crippen molar-refractivity contribution in [2.24, 2.45) is 0 Å². The molecule has 0 atom stereocenters. The van der Waals surface area contributed by atoms with Gasteiger partial charge in [0.2, 0.25) is 6.79 Å². The predicted octanol–water partition coefficient (Wildman–Crippen LogP) is 2.17. The van der Waals surface area contributed by atoms with Crippen LogP contribution >= 0.6 is 0 Å². The van der Waals surface area contributed by atoms with E-state index in [1.807, 2.05) is 18.5 Å². The third-order valence-corrected chi connectivity index (χ3v) is 4.77. The molecule has 5 heteroatoms. The molecule has 2 aliphatic heterocycles. The smallest absolute Gasteiger partial charge is 0.231 e. The number of piperazine rings is 1. The van der Waals surface area contributed by atoms with Crippen molar-refractivity contribution in [3.63, 3.8) is 0 Å². The van der Waals surface area contributed by atoms with E-state index in [9.17, 15) is 0 Å². The van der Waals surface area contributed by atoms with Gasteiger partial charge >= 0.3 is 0 Å². The fourth-order valence-corrected chi connectivity index (χ4v) is 3.31. The van der Waals surface area contributed by atoms with E-state index in [1.165, 1.54) is 11.1 Å². The molecule has 0 bridgehead atoms. The molecule has 0 spiro atoms. The molecule has 0 N–H and O–H groups in total. The third-order valence-electron chi connectivity index (χ3n) is 4.77. The first-order valence-electron chi connectivity index (χ1n) is 8.59. The van der Waals surface area contributed by atoms with Gasteiger partial charge in [0, 0.05) is 51.7 Å². The van der Waals surface area contributed by atoms with Crippen molar-refractivity contribution in [1.29, 1.82) is 0 Å². The van der Waals surface area contributed by atoms with E-state index in [2.05, 4.69) is 39.0 Å². The van der Waals surface area contributed by atoms with E-state index in [-0.39, 0.29) is 0 Å². The van der Waals surface area contributed by atoms with Gasteiger partial charge in [-0.05, 0) is 41.8 Å². The number of pyridine rings is 1. The Labute approximate surface area is 142 Å². The lowest BCUT2D eigenvalue weighted by Crippen LogP contribution is -2.46. The number of hydrogen-bond donors (Lipinski definition) is 0. The van der Waals surface area contributed by atoms with Crippen LogP contribution in [-0.2, 0) is 13.0 Å². The van der Waals surface area contributed by atoms with Gasteiger partial charge in [-0.3, -0.25) is 9.88 Å². The Kier molecular flexibility index (Phi) is 4.62. The Morgan fingerprint density at radius 1 is 0.833 bits per heavy atom. The van der Waals surface area contributed by atoms with E-state index >= 15 is 0 Å². The Morgan fingerprint density at radius 2 is 1.58 bits per heavy atom. The predicted molar refractivity (Wildman–Crippen MR) is 92.2 cm³/mol. The SMILES string of the molecule is c1cc(CCN2CCN(Cc3ccc4c(c3)OCO4)CC2)ccn1. The van der Waals surface area contributed by atoms with Crippen LogP contribution in [0.2, 0.25) is 0 Å². The summed E-state index contributed by atoms with van der Waals surface area (Å²) in [6.45, 7) is 6.95. The second-order valence-electron chi connectivity index (χ2n) is 6.41. The highest BCUT2D eigenvalue weighted by atomic mass is 16.7. The van der Waals surface area contributed by atoms with Crippen LogP contribution in [0.1, 0.15) is 11.1 Å². The average molecular weight is 325 g/mol. The van der Waals surface area contributed by atoms with Gasteiger partial charge in [-0.2, -0.15) is 0 Å². The molecule has 4 rings (SSSR count). The van der Waals surface area contributed by atoms with Gasteiger partial charge in [-0.1, -0.05) is 6.07 Å². The number of ether oxygens (including phenoxy) is 2. The second kappa shape index (κ2) is 7.20. The molecular weight excluding hydrogens is 302 g/mol. The van der Waals surface area contributed by atoms with Gasteiger partial charge in [0.05, 0.1) is 0 Å². The molecule has 1 fully saturated rings.